The largest absolute Gasteiger partial charge is 0.366 e. The van der Waals surface area contributed by atoms with Gasteiger partial charge in [-0.05, 0) is 22.6 Å². The summed E-state index contributed by atoms with van der Waals surface area (Å²) in [7, 11) is 0. The molecule has 1 amide bonds. The van der Waals surface area contributed by atoms with Crippen LogP contribution in [0.3, 0.4) is 0 Å². The van der Waals surface area contributed by atoms with E-state index < -0.39 is 5.91 Å². The zero-order chi connectivity index (χ0) is 10.8. The standard InChI is InChI=1S/C8H6IN5O/c9-6-2-11-4-12-8(6)14-3-5(1-13-14)7(10)15/h1-4H,(H2,10,15). The molecule has 2 N–H and O–H groups in total. The summed E-state index contributed by atoms with van der Waals surface area (Å²) in [6, 6.07) is 0. The molecule has 2 heterocycles. The predicted molar refractivity (Wildman–Crippen MR) is 60.4 cm³/mol. The van der Waals surface area contributed by atoms with Gasteiger partial charge in [0.2, 0.25) is 0 Å². The lowest BCUT2D eigenvalue weighted by Crippen LogP contribution is -2.09. The number of amides is 1. The molecular weight excluding hydrogens is 309 g/mol. The van der Waals surface area contributed by atoms with Crippen LogP contribution in [-0.4, -0.2) is 25.7 Å². The lowest BCUT2D eigenvalue weighted by Gasteiger charge is -2.00. The number of primary amides is 1. The summed E-state index contributed by atoms with van der Waals surface area (Å²) in [6.45, 7) is 0. The Bertz CT molecular complexity index is 509. The van der Waals surface area contributed by atoms with Gasteiger partial charge in [-0.2, -0.15) is 5.10 Å². The van der Waals surface area contributed by atoms with Gasteiger partial charge in [-0.3, -0.25) is 4.79 Å². The highest BCUT2D eigenvalue weighted by atomic mass is 127. The van der Waals surface area contributed by atoms with Crippen LogP contribution in [0.4, 0.5) is 0 Å². The van der Waals surface area contributed by atoms with Crippen LogP contribution < -0.4 is 5.73 Å². The Morgan fingerprint density at radius 2 is 2.27 bits per heavy atom. The summed E-state index contributed by atoms with van der Waals surface area (Å²) in [5.41, 5.74) is 5.47. The molecule has 15 heavy (non-hydrogen) atoms. The first-order chi connectivity index (χ1) is 7.18. The van der Waals surface area contributed by atoms with Crippen LogP contribution in [0.5, 0.6) is 0 Å². The third-order valence-corrected chi connectivity index (χ3v) is 2.49. The molecule has 0 spiro atoms. The van der Waals surface area contributed by atoms with Gasteiger partial charge in [0.1, 0.15) is 6.33 Å². The smallest absolute Gasteiger partial charge is 0.251 e. The van der Waals surface area contributed by atoms with Crippen LogP contribution in [0.1, 0.15) is 10.4 Å². The monoisotopic (exact) mass is 315 g/mol. The molecule has 2 aromatic rings. The summed E-state index contributed by atoms with van der Waals surface area (Å²) in [6.07, 6.45) is 6.02. The minimum atomic E-state index is -0.509. The summed E-state index contributed by atoms with van der Waals surface area (Å²) >= 11 is 2.09. The molecule has 0 fully saturated rings. The van der Waals surface area contributed by atoms with Crippen molar-refractivity contribution in [1.82, 2.24) is 19.7 Å². The highest BCUT2D eigenvalue weighted by molar-refractivity contribution is 14.1. The van der Waals surface area contributed by atoms with E-state index in [1.165, 1.54) is 23.4 Å². The first-order valence-electron chi connectivity index (χ1n) is 3.99. The van der Waals surface area contributed by atoms with Crippen molar-refractivity contribution < 1.29 is 4.79 Å². The van der Waals surface area contributed by atoms with Gasteiger partial charge in [0.05, 0.1) is 15.3 Å². The van der Waals surface area contributed by atoms with Crippen LogP contribution in [0.2, 0.25) is 0 Å². The molecule has 7 heteroatoms. The van der Waals surface area contributed by atoms with Gasteiger partial charge in [-0.25, -0.2) is 14.6 Å². The molecule has 0 aromatic carbocycles. The predicted octanol–water partition coefficient (Wildman–Crippen LogP) is 0.366. The Labute approximate surface area is 98.7 Å². The normalized spacial score (nSPS) is 10.2. The fraction of sp³-hybridized carbons (Fsp3) is 0. The second-order valence-electron chi connectivity index (χ2n) is 2.73. The zero-order valence-electron chi connectivity index (χ0n) is 7.46. The Kier molecular flexibility index (Phi) is 2.62. The molecule has 2 aromatic heterocycles. The second kappa shape index (κ2) is 3.93. The zero-order valence-corrected chi connectivity index (χ0v) is 9.62. The van der Waals surface area contributed by atoms with Gasteiger partial charge in [0.25, 0.3) is 5.91 Å². The molecule has 0 aliphatic heterocycles. The number of rotatable bonds is 2. The number of carbonyl (C=O) groups is 1. The first kappa shape index (κ1) is 10.0. The van der Waals surface area contributed by atoms with E-state index in [0.29, 0.717) is 11.4 Å². The van der Waals surface area contributed by atoms with Crippen molar-refractivity contribution in [2.24, 2.45) is 5.73 Å². The Hall–Kier alpha value is -1.51. The molecule has 6 nitrogen and oxygen atoms in total. The Balaban J connectivity index is 2.46. The van der Waals surface area contributed by atoms with Crippen molar-refractivity contribution in [3.8, 4) is 5.82 Å². The fourth-order valence-electron chi connectivity index (χ4n) is 1.04. The number of carbonyl (C=O) groups excluding carboxylic acids is 1. The summed E-state index contributed by atoms with van der Waals surface area (Å²) in [5.74, 6) is 0.114. The number of nitrogens with two attached hydrogens (primary N) is 1. The molecule has 76 valence electrons. The molecular formula is C8H6IN5O. The molecule has 0 aliphatic rings. The van der Waals surface area contributed by atoms with Crippen LogP contribution in [0, 0.1) is 3.57 Å². The van der Waals surface area contributed by atoms with E-state index in [9.17, 15) is 4.79 Å². The number of nitrogens with zero attached hydrogens (tertiary/aromatic N) is 4. The van der Waals surface area contributed by atoms with Crippen molar-refractivity contribution in [1.29, 1.82) is 0 Å². The minimum Gasteiger partial charge on any atom is -0.366 e. The maximum Gasteiger partial charge on any atom is 0.251 e. The lowest BCUT2D eigenvalue weighted by molar-refractivity contribution is 0.100. The van der Waals surface area contributed by atoms with Crippen molar-refractivity contribution in [2.45, 2.75) is 0 Å². The van der Waals surface area contributed by atoms with Gasteiger partial charge < -0.3 is 5.73 Å². The van der Waals surface area contributed by atoms with Crippen LogP contribution in [0.25, 0.3) is 5.82 Å². The summed E-state index contributed by atoms with van der Waals surface area (Å²) < 4.78 is 2.33. The number of hydrogen-bond acceptors (Lipinski definition) is 4. The summed E-state index contributed by atoms with van der Waals surface area (Å²) in [5, 5.41) is 3.99. The Morgan fingerprint density at radius 1 is 1.47 bits per heavy atom. The van der Waals surface area contributed by atoms with E-state index >= 15 is 0 Å². The van der Waals surface area contributed by atoms with E-state index in [2.05, 4.69) is 37.7 Å². The van der Waals surface area contributed by atoms with E-state index in [1.54, 1.807) is 6.20 Å². The number of halogens is 1. The fourth-order valence-corrected chi connectivity index (χ4v) is 1.59. The molecule has 0 radical (unpaired) electrons. The molecule has 2 rings (SSSR count). The van der Waals surface area contributed by atoms with Crippen LogP contribution in [0.15, 0.2) is 24.9 Å². The van der Waals surface area contributed by atoms with Crippen molar-refractivity contribution in [3.05, 3.63) is 34.1 Å². The van der Waals surface area contributed by atoms with Gasteiger partial charge in [-0.15, -0.1) is 0 Å². The molecule has 0 bridgehead atoms. The topological polar surface area (TPSA) is 86.7 Å². The lowest BCUT2D eigenvalue weighted by atomic mass is 10.3. The SMILES string of the molecule is NC(=O)c1cnn(-c2ncncc2I)c1. The average Bonchev–Trinajstić information content (AvgIpc) is 2.67. The molecule has 0 saturated heterocycles. The second-order valence-corrected chi connectivity index (χ2v) is 3.89. The Morgan fingerprint density at radius 3 is 2.87 bits per heavy atom. The van der Waals surface area contributed by atoms with Crippen LogP contribution >= 0.6 is 22.6 Å². The maximum atomic E-state index is 10.9. The highest BCUT2D eigenvalue weighted by Crippen LogP contribution is 2.12. The van der Waals surface area contributed by atoms with Crippen molar-refractivity contribution in [2.75, 3.05) is 0 Å². The quantitative estimate of drug-likeness (QED) is 0.811. The van der Waals surface area contributed by atoms with Crippen molar-refractivity contribution in [3.63, 3.8) is 0 Å². The van der Waals surface area contributed by atoms with Gasteiger partial charge >= 0.3 is 0 Å². The van der Waals surface area contributed by atoms with E-state index in [4.69, 9.17) is 5.73 Å². The van der Waals surface area contributed by atoms with E-state index in [-0.39, 0.29) is 0 Å². The molecule has 0 unspecified atom stereocenters. The van der Waals surface area contributed by atoms with E-state index in [0.717, 1.165) is 3.57 Å². The number of aromatic nitrogens is 4. The molecule has 0 atom stereocenters. The van der Waals surface area contributed by atoms with Crippen molar-refractivity contribution >= 4 is 28.5 Å². The maximum absolute atomic E-state index is 10.9. The van der Waals surface area contributed by atoms with Crippen LogP contribution in [-0.2, 0) is 0 Å². The molecule has 0 saturated carbocycles. The summed E-state index contributed by atoms with van der Waals surface area (Å²) in [4.78, 5) is 18.8. The first-order valence-corrected chi connectivity index (χ1v) is 5.06. The van der Waals surface area contributed by atoms with E-state index in [1.807, 2.05) is 0 Å². The third kappa shape index (κ3) is 1.96. The molecule has 0 aliphatic carbocycles. The van der Waals surface area contributed by atoms with Gasteiger partial charge in [-0.1, -0.05) is 0 Å². The van der Waals surface area contributed by atoms with Gasteiger partial charge in [0.15, 0.2) is 5.82 Å². The third-order valence-electron chi connectivity index (χ3n) is 1.73. The average molecular weight is 315 g/mol. The highest BCUT2D eigenvalue weighted by Gasteiger charge is 2.08. The number of hydrogen-bond donors (Lipinski definition) is 1. The minimum absolute atomic E-state index is 0.351. The van der Waals surface area contributed by atoms with Gasteiger partial charge in [0, 0.05) is 12.4 Å².